The van der Waals surface area contributed by atoms with E-state index in [0.29, 0.717) is 44.8 Å². The molecule has 0 saturated carbocycles. The predicted octanol–water partition coefficient (Wildman–Crippen LogP) is 2.96. The SMILES string of the molecule is COc1ccc(CCC(=O)N2CCCN(C(=O)CC(NC(C)=O)c3ccc(OC)cc3)CC2)cc1. The summed E-state index contributed by atoms with van der Waals surface area (Å²) in [6.07, 6.45) is 2.00. The Bertz CT molecular complexity index is 991. The normalized spacial score (nSPS) is 14.6. The number of rotatable bonds is 9. The van der Waals surface area contributed by atoms with E-state index in [1.54, 1.807) is 19.1 Å². The number of ether oxygens (including phenoxy) is 2. The molecule has 0 aromatic heterocycles. The molecule has 0 aliphatic carbocycles. The van der Waals surface area contributed by atoms with Crippen LogP contribution in [0.3, 0.4) is 0 Å². The average Bonchev–Trinajstić information content (AvgIpc) is 3.13. The first-order valence-corrected chi connectivity index (χ1v) is 12.0. The van der Waals surface area contributed by atoms with E-state index in [9.17, 15) is 14.4 Å². The molecule has 8 nitrogen and oxygen atoms in total. The molecule has 1 unspecified atom stereocenters. The van der Waals surface area contributed by atoms with Gasteiger partial charge in [-0.3, -0.25) is 14.4 Å². The minimum Gasteiger partial charge on any atom is -0.497 e. The molecule has 35 heavy (non-hydrogen) atoms. The maximum Gasteiger partial charge on any atom is 0.225 e. The van der Waals surface area contributed by atoms with Gasteiger partial charge in [0, 0.05) is 39.5 Å². The fourth-order valence-electron chi connectivity index (χ4n) is 4.26. The minimum atomic E-state index is -0.420. The van der Waals surface area contributed by atoms with E-state index < -0.39 is 6.04 Å². The van der Waals surface area contributed by atoms with Gasteiger partial charge in [0.1, 0.15) is 11.5 Å². The molecule has 0 bridgehead atoms. The van der Waals surface area contributed by atoms with Crippen LogP contribution in [0.2, 0.25) is 0 Å². The third-order valence-electron chi connectivity index (χ3n) is 6.26. The first-order valence-electron chi connectivity index (χ1n) is 12.0. The summed E-state index contributed by atoms with van der Waals surface area (Å²) in [5, 5.41) is 2.89. The van der Waals surface area contributed by atoms with Gasteiger partial charge < -0.3 is 24.6 Å². The zero-order valence-corrected chi connectivity index (χ0v) is 20.8. The lowest BCUT2D eigenvalue weighted by molar-refractivity contribution is -0.134. The molecule has 8 heteroatoms. The highest BCUT2D eigenvalue weighted by Crippen LogP contribution is 2.22. The van der Waals surface area contributed by atoms with Crippen molar-refractivity contribution in [3.05, 3.63) is 59.7 Å². The quantitative estimate of drug-likeness (QED) is 0.595. The number of hydrogen-bond donors (Lipinski definition) is 1. The fraction of sp³-hybridized carbons (Fsp3) is 0.444. The van der Waals surface area contributed by atoms with Crippen LogP contribution in [0.4, 0.5) is 0 Å². The van der Waals surface area contributed by atoms with Crippen molar-refractivity contribution >= 4 is 17.7 Å². The third kappa shape index (κ3) is 7.73. The zero-order chi connectivity index (χ0) is 25.2. The third-order valence-corrected chi connectivity index (χ3v) is 6.26. The highest BCUT2D eigenvalue weighted by Gasteiger charge is 2.25. The Morgan fingerprint density at radius 1 is 0.829 bits per heavy atom. The van der Waals surface area contributed by atoms with Crippen molar-refractivity contribution in [3.63, 3.8) is 0 Å². The molecule has 1 N–H and O–H groups in total. The van der Waals surface area contributed by atoms with Crippen molar-refractivity contribution < 1.29 is 23.9 Å². The van der Waals surface area contributed by atoms with Crippen LogP contribution >= 0.6 is 0 Å². The number of amides is 3. The Kier molecular flexibility index (Phi) is 9.52. The molecular weight excluding hydrogens is 446 g/mol. The molecule has 2 aromatic carbocycles. The monoisotopic (exact) mass is 481 g/mol. The summed E-state index contributed by atoms with van der Waals surface area (Å²) in [4.78, 5) is 41.3. The molecule has 2 aromatic rings. The Morgan fingerprint density at radius 2 is 1.37 bits per heavy atom. The molecule has 0 radical (unpaired) electrons. The molecule has 0 spiro atoms. The number of nitrogens with one attached hydrogen (secondary N) is 1. The second-order valence-electron chi connectivity index (χ2n) is 8.69. The first kappa shape index (κ1) is 26.1. The summed E-state index contributed by atoms with van der Waals surface area (Å²) in [5.41, 5.74) is 1.94. The van der Waals surface area contributed by atoms with Crippen LogP contribution in [0, 0.1) is 0 Å². The van der Waals surface area contributed by atoms with Crippen LogP contribution in [-0.4, -0.2) is 67.9 Å². The van der Waals surface area contributed by atoms with E-state index in [-0.39, 0.29) is 24.1 Å². The maximum atomic E-state index is 13.1. The molecule has 1 saturated heterocycles. The molecule has 1 aliphatic rings. The van der Waals surface area contributed by atoms with Crippen LogP contribution in [0.1, 0.15) is 43.4 Å². The molecule has 3 rings (SSSR count). The highest BCUT2D eigenvalue weighted by molar-refractivity contribution is 5.80. The number of benzene rings is 2. The number of nitrogens with zero attached hydrogens (tertiary/aromatic N) is 2. The number of methoxy groups -OCH3 is 2. The smallest absolute Gasteiger partial charge is 0.225 e. The number of hydrogen-bond acceptors (Lipinski definition) is 5. The molecule has 1 aliphatic heterocycles. The van der Waals surface area contributed by atoms with E-state index in [0.717, 1.165) is 23.3 Å². The van der Waals surface area contributed by atoms with Crippen molar-refractivity contribution in [2.24, 2.45) is 0 Å². The standard InChI is InChI=1S/C27H35N3O5/c1-20(31)28-25(22-8-12-24(35-3)13-9-22)19-27(33)30-16-4-15-29(17-18-30)26(32)14-7-21-5-10-23(34-2)11-6-21/h5-6,8-13,25H,4,7,14-19H2,1-3H3,(H,28,31). The topological polar surface area (TPSA) is 88.2 Å². The summed E-state index contributed by atoms with van der Waals surface area (Å²) >= 11 is 0. The predicted molar refractivity (Wildman–Crippen MR) is 133 cm³/mol. The van der Waals surface area contributed by atoms with E-state index in [4.69, 9.17) is 9.47 Å². The van der Waals surface area contributed by atoms with Gasteiger partial charge in [-0.05, 0) is 48.2 Å². The summed E-state index contributed by atoms with van der Waals surface area (Å²) in [6, 6.07) is 14.7. The highest BCUT2D eigenvalue weighted by atomic mass is 16.5. The largest absolute Gasteiger partial charge is 0.497 e. The van der Waals surface area contributed by atoms with E-state index in [1.165, 1.54) is 6.92 Å². The van der Waals surface area contributed by atoms with Gasteiger partial charge in [-0.15, -0.1) is 0 Å². The van der Waals surface area contributed by atoms with E-state index in [2.05, 4.69) is 5.32 Å². The molecular formula is C27H35N3O5. The Hall–Kier alpha value is -3.55. The lowest BCUT2D eigenvalue weighted by Crippen LogP contribution is -2.39. The molecule has 1 atom stereocenters. The van der Waals surface area contributed by atoms with Crippen molar-refractivity contribution in [1.29, 1.82) is 0 Å². The van der Waals surface area contributed by atoms with Gasteiger partial charge in [-0.25, -0.2) is 0 Å². The van der Waals surface area contributed by atoms with Gasteiger partial charge >= 0.3 is 0 Å². The van der Waals surface area contributed by atoms with Crippen molar-refractivity contribution in [2.45, 2.75) is 38.6 Å². The van der Waals surface area contributed by atoms with Crippen LogP contribution in [0.15, 0.2) is 48.5 Å². The van der Waals surface area contributed by atoms with Crippen LogP contribution < -0.4 is 14.8 Å². The van der Waals surface area contributed by atoms with Gasteiger partial charge in [0.15, 0.2) is 0 Å². The van der Waals surface area contributed by atoms with E-state index in [1.807, 2.05) is 53.4 Å². The minimum absolute atomic E-state index is 0.0351. The number of carbonyl (C=O) groups is 3. The summed E-state index contributed by atoms with van der Waals surface area (Å²) in [6.45, 7) is 3.68. The van der Waals surface area contributed by atoms with Gasteiger partial charge in [-0.1, -0.05) is 24.3 Å². The molecule has 1 fully saturated rings. The average molecular weight is 482 g/mol. The number of aryl methyl sites for hydroxylation is 1. The van der Waals surface area contributed by atoms with Gasteiger partial charge in [0.25, 0.3) is 0 Å². The lowest BCUT2D eigenvalue weighted by Gasteiger charge is -2.25. The summed E-state index contributed by atoms with van der Waals surface area (Å²) in [5.74, 6) is 1.38. The van der Waals surface area contributed by atoms with E-state index >= 15 is 0 Å². The first-order chi connectivity index (χ1) is 16.9. The van der Waals surface area contributed by atoms with Gasteiger partial charge in [-0.2, -0.15) is 0 Å². The number of carbonyl (C=O) groups excluding carboxylic acids is 3. The second-order valence-corrected chi connectivity index (χ2v) is 8.69. The van der Waals surface area contributed by atoms with Crippen LogP contribution in [0.25, 0.3) is 0 Å². The van der Waals surface area contributed by atoms with Gasteiger partial charge in [0.2, 0.25) is 17.7 Å². The summed E-state index contributed by atoms with van der Waals surface area (Å²) < 4.78 is 10.4. The van der Waals surface area contributed by atoms with Crippen molar-refractivity contribution in [1.82, 2.24) is 15.1 Å². The zero-order valence-electron chi connectivity index (χ0n) is 20.8. The van der Waals surface area contributed by atoms with Crippen molar-refractivity contribution in [3.8, 4) is 11.5 Å². The maximum absolute atomic E-state index is 13.1. The lowest BCUT2D eigenvalue weighted by atomic mass is 10.0. The molecule has 1 heterocycles. The van der Waals surface area contributed by atoms with Crippen molar-refractivity contribution in [2.75, 3.05) is 40.4 Å². The van der Waals surface area contributed by atoms with Crippen LogP contribution in [0.5, 0.6) is 11.5 Å². The Balaban J connectivity index is 1.53. The molecule has 188 valence electrons. The Morgan fingerprint density at radius 3 is 1.91 bits per heavy atom. The van der Waals surface area contributed by atoms with Crippen LogP contribution in [-0.2, 0) is 20.8 Å². The fourth-order valence-corrected chi connectivity index (χ4v) is 4.26. The molecule has 3 amide bonds. The second kappa shape index (κ2) is 12.8. The van der Waals surface area contributed by atoms with Gasteiger partial charge in [0.05, 0.1) is 26.7 Å². The summed E-state index contributed by atoms with van der Waals surface area (Å²) in [7, 11) is 3.22. The Labute approximate surface area is 207 Å².